The van der Waals surface area contributed by atoms with Crippen molar-refractivity contribution in [1.82, 2.24) is 19.6 Å². The number of amides is 3. The molecule has 2 heterocycles. The van der Waals surface area contributed by atoms with Crippen LogP contribution in [0.2, 0.25) is 0 Å². The summed E-state index contributed by atoms with van der Waals surface area (Å²) in [6, 6.07) is 5.98. The summed E-state index contributed by atoms with van der Waals surface area (Å²) in [7, 11) is 5.87. The Morgan fingerprint density at radius 1 is 1.05 bits per heavy atom. The van der Waals surface area contributed by atoms with Gasteiger partial charge in [0.2, 0.25) is 5.91 Å². The Morgan fingerprint density at radius 3 is 2.49 bits per heavy atom. The third-order valence-corrected chi connectivity index (χ3v) is 10.3. The summed E-state index contributed by atoms with van der Waals surface area (Å²) in [6.45, 7) is 4.45. The molecule has 3 unspecified atom stereocenters. The minimum Gasteiger partial charge on any atom is -0.497 e. The average Bonchev–Trinajstić information content (AvgIpc) is 3.83. The number of benzene rings is 1. The summed E-state index contributed by atoms with van der Waals surface area (Å²) in [5.74, 6) is 1.58. The first-order chi connectivity index (χ1) is 18.7. The Kier molecular flexibility index (Phi) is 7.17. The van der Waals surface area contributed by atoms with Crippen molar-refractivity contribution in [3.63, 3.8) is 0 Å². The van der Waals surface area contributed by atoms with E-state index in [0.29, 0.717) is 44.3 Å². The standard InChI is InChI=1S/C31H46N4O4/c1-32(2)13-4-14-33-15-11-30-19-28(36)35(21-23-7-8-23)29(37)34(20-22-5-6-22)16-12-31(30,38)27(33)17-24-9-10-25(39-3)18-26(24)30/h9-10,18,22-23,27,38H,4-8,11-17,19-21H2,1-3H3. The van der Waals surface area contributed by atoms with Gasteiger partial charge in [0.15, 0.2) is 0 Å². The molecule has 0 radical (unpaired) electrons. The van der Waals surface area contributed by atoms with Crippen molar-refractivity contribution in [3.05, 3.63) is 29.3 Å². The molecule has 1 N–H and O–H groups in total. The topological polar surface area (TPSA) is 76.6 Å². The number of hydrogen-bond acceptors (Lipinski definition) is 6. The first-order valence-electron chi connectivity index (χ1n) is 15.1. The summed E-state index contributed by atoms with van der Waals surface area (Å²) in [4.78, 5) is 36.3. The highest BCUT2D eigenvalue weighted by Gasteiger charge is 2.64. The Hall–Kier alpha value is -2.16. The predicted octanol–water partition coefficient (Wildman–Crippen LogP) is 3.11. The summed E-state index contributed by atoms with van der Waals surface area (Å²) < 4.78 is 5.64. The van der Waals surface area contributed by atoms with E-state index < -0.39 is 11.0 Å². The number of imide groups is 1. The second-order valence-corrected chi connectivity index (χ2v) is 13.2. The zero-order valence-electron chi connectivity index (χ0n) is 24.0. The van der Waals surface area contributed by atoms with E-state index in [1.165, 1.54) is 5.56 Å². The number of nitrogens with zero attached hydrogens (tertiary/aromatic N) is 4. The maximum atomic E-state index is 14.2. The number of carbonyl (C=O) groups is 2. The quantitative estimate of drug-likeness (QED) is 0.521. The van der Waals surface area contributed by atoms with Crippen LogP contribution >= 0.6 is 0 Å². The Morgan fingerprint density at radius 2 is 1.79 bits per heavy atom. The smallest absolute Gasteiger partial charge is 0.326 e. The number of ether oxygens (including phenoxy) is 1. The van der Waals surface area contributed by atoms with E-state index in [4.69, 9.17) is 4.74 Å². The van der Waals surface area contributed by atoms with E-state index >= 15 is 0 Å². The van der Waals surface area contributed by atoms with Crippen LogP contribution in [0.15, 0.2) is 18.2 Å². The van der Waals surface area contributed by atoms with Crippen LogP contribution < -0.4 is 4.74 Å². The van der Waals surface area contributed by atoms with Gasteiger partial charge >= 0.3 is 6.03 Å². The molecule has 2 saturated heterocycles. The van der Waals surface area contributed by atoms with E-state index in [1.54, 1.807) is 12.0 Å². The zero-order valence-corrected chi connectivity index (χ0v) is 24.0. The van der Waals surface area contributed by atoms with Gasteiger partial charge in [0.1, 0.15) is 5.75 Å². The van der Waals surface area contributed by atoms with Gasteiger partial charge in [0.25, 0.3) is 0 Å². The summed E-state index contributed by atoms with van der Waals surface area (Å²) in [6.07, 6.45) is 7.58. The second-order valence-electron chi connectivity index (χ2n) is 13.2. The third kappa shape index (κ3) is 4.97. The Labute approximate surface area is 233 Å². The third-order valence-electron chi connectivity index (χ3n) is 10.3. The average molecular weight is 539 g/mol. The molecule has 0 spiro atoms. The van der Waals surface area contributed by atoms with Crippen molar-refractivity contribution in [2.45, 2.75) is 74.8 Å². The lowest BCUT2D eigenvalue weighted by molar-refractivity contribution is -0.161. The van der Waals surface area contributed by atoms with E-state index in [1.807, 2.05) is 11.0 Å². The second kappa shape index (κ2) is 10.3. The molecular formula is C31H46N4O4. The first-order valence-corrected chi connectivity index (χ1v) is 15.1. The fourth-order valence-corrected chi connectivity index (χ4v) is 7.66. The van der Waals surface area contributed by atoms with Gasteiger partial charge < -0.3 is 19.6 Å². The monoisotopic (exact) mass is 538 g/mol. The maximum absolute atomic E-state index is 14.2. The van der Waals surface area contributed by atoms with Crippen molar-refractivity contribution >= 4 is 11.9 Å². The minimum atomic E-state index is -1.12. The van der Waals surface area contributed by atoms with E-state index in [2.05, 4.69) is 36.0 Å². The molecule has 3 amide bonds. The van der Waals surface area contributed by atoms with Crippen LogP contribution in [0.3, 0.4) is 0 Å². The van der Waals surface area contributed by atoms with Crippen molar-refractivity contribution in [1.29, 1.82) is 0 Å². The fraction of sp³-hybridized carbons (Fsp3) is 0.742. The van der Waals surface area contributed by atoms with Gasteiger partial charge in [0.05, 0.1) is 12.7 Å². The number of fused-ring (bicyclic) bond motifs is 1. The molecule has 2 bridgehead atoms. The highest BCUT2D eigenvalue weighted by Crippen LogP contribution is 2.56. The number of aliphatic hydroxyl groups is 1. The highest BCUT2D eigenvalue weighted by atomic mass is 16.5. The number of hydrogen-bond donors (Lipinski definition) is 1. The normalized spacial score (nSPS) is 31.5. The molecule has 5 aliphatic rings. The van der Waals surface area contributed by atoms with Gasteiger partial charge in [-0.05, 0) is 120 Å². The maximum Gasteiger partial charge on any atom is 0.326 e. The van der Waals surface area contributed by atoms with Crippen LogP contribution in [-0.4, -0.2) is 109 Å². The van der Waals surface area contributed by atoms with Gasteiger partial charge in [-0.2, -0.15) is 0 Å². The molecule has 6 rings (SSSR count). The van der Waals surface area contributed by atoms with Crippen LogP contribution in [0.4, 0.5) is 4.79 Å². The molecule has 4 fully saturated rings. The van der Waals surface area contributed by atoms with Gasteiger partial charge in [-0.15, -0.1) is 0 Å². The SMILES string of the molecule is COc1ccc2c(c1)C13CCN(CCCN(C)C)C(C2)C1(O)CCN(CC1CC1)C(=O)N(CC1CC1)C(=O)C3. The lowest BCUT2D eigenvalue weighted by atomic mass is 9.52. The lowest BCUT2D eigenvalue weighted by Gasteiger charge is -2.62. The van der Waals surface area contributed by atoms with Crippen molar-refractivity contribution in [2.24, 2.45) is 11.8 Å². The van der Waals surface area contributed by atoms with Crippen LogP contribution in [0, 0.1) is 11.8 Å². The van der Waals surface area contributed by atoms with Crippen molar-refractivity contribution in [3.8, 4) is 5.75 Å². The van der Waals surface area contributed by atoms with Gasteiger partial charge in [0, 0.05) is 37.5 Å². The largest absolute Gasteiger partial charge is 0.497 e. The van der Waals surface area contributed by atoms with E-state index in [0.717, 1.165) is 69.5 Å². The number of likely N-dealkylation sites (tertiary alicyclic amines) is 1. The molecule has 1 aromatic carbocycles. The molecule has 3 aliphatic carbocycles. The van der Waals surface area contributed by atoms with E-state index in [9.17, 15) is 14.7 Å². The summed E-state index contributed by atoms with van der Waals surface area (Å²) in [5.41, 5.74) is 0.393. The van der Waals surface area contributed by atoms with Gasteiger partial charge in [-0.1, -0.05) is 6.07 Å². The molecule has 8 heteroatoms. The Balaban J connectivity index is 1.42. The first kappa shape index (κ1) is 27.0. The fourth-order valence-electron chi connectivity index (χ4n) is 7.66. The molecule has 2 aliphatic heterocycles. The molecule has 214 valence electrons. The molecule has 1 aromatic rings. The van der Waals surface area contributed by atoms with Crippen LogP contribution in [-0.2, 0) is 16.6 Å². The number of urea groups is 1. The van der Waals surface area contributed by atoms with E-state index in [-0.39, 0.29) is 24.4 Å². The molecule has 0 aromatic heterocycles. The zero-order chi connectivity index (χ0) is 27.4. The van der Waals surface area contributed by atoms with Crippen molar-refractivity contribution < 1.29 is 19.4 Å². The summed E-state index contributed by atoms with van der Waals surface area (Å²) >= 11 is 0. The number of methoxy groups -OCH3 is 1. The molecule has 8 nitrogen and oxygen atoms in total. The van der Waals surface area contributed by atoms with Gasteiger partial charge in [-0.25, -0.2) is 4.79 Å². The number of rotatable bonds is 9. The minimum absolute atomic E-state index is 0.0880. The van der Waals surface area contributed by atoms with Crippen LogP contribution in [0.25, 0.3) is 0 Å². The van der Waals surface area contributed by atoms with Crippen LogP contribution in [0.5, 0.6) is 5.75 Å². The summed E-state index contributed by atoms with van der Waals surface area (Å²) in [5, 5.41) is 13.0. The predicted molar refractivity (Wildman–Crippen MR) is 150 cm³/mol. The Bertz CT molecular complexity index is 1100. The highest BCUT2D eigenvalue weighted by molar-refractivity contribution is 5.95. The molecule has 2 saturated carbocycles. The van der Waals surface area contributed by atoms with Crippen LogP contribution in [0.1, 0.15) is 62.5 Å². The molecule has 39 heavy (non-hydrogen) atoms. The van der Waals surface area contributed by atoms with Crippen molar-refractivity contribution in [2.75, 3.05) is 60.5 Å². The number of piperidine rings is 1. The lowest BCUT2D eigenvalue weighted by Crippen LogP contribution is -2.72. The molecular weight excluding hydrogens is 492 g/mol. The molecule has 3 atom stereocenters. The van der Waals surface area contributed by atoms with Gasteiger partial charge in [-0.3, -0.25) is 14.6 Å². The number of carbonyl (C=O) groups excluding carboxylic acids is 2.